The quantitative estimate of drug-likeness (QED) is 0.708. The van der Waals surface area contributed by atoms with Crippen LogP contribution < -0.4 is 0 Å². The second kappa shape index (κ2) is 3.75. The SMILES string of the molecule is C#CCC(O)(CC)c1ccsc1. The van der Waals surface area contributed by atoms with Gasteiger partial charge in [0, 0.05) is 6.42 Å². The topological polar surface area (TPSA) is 20.2 Å². The number of thiophene rings is 1. The van der Waals surface area contributed by atoms with Gasteiger partial charge in [0.2, 0.25) is 0 Å². The van der Waals surface area contributed by atoms with Crippen LogP contribution in [0.1, 0.15) is 25.3 Å². The Balaban J connectivity index is 2.89. The third kappa shape index (κ3) is 1.69. The second-order valence-electron chi connectivity index (χ2n) is 2.78. The van der Waals surface area contributed by atoms with Crippen molar-refractivity contribution >= 4 is 11.3 Å². The van der Waals surface area contributed by atoms with E-state index in [4.69, 9.17) is 6.42 Å². The van der Waals surface area contributed by atoms with Crippen LogP contribution in [-0.2, 0) is 5.60 Å². The summed E-state index contributed by atoms with van der Waals surface area (Å²) in [4.78, 5) is 0. The lowest BCUT2D eigenvalue weighted by Crippen LogP contribution is -2.22. The van der Waals surface area contributed by atoms with Gasteiger partial charge < -0.3 is 5.11 Å². The van der Waals surface area contributed by atoms with Crippen molar-refractivity contribution in [1.29, 1.82) is 0 Å². The average Bonchev–Trinajstić information content (AvgIpc) is 2.57. The molecule has 1 nitrogen and oxygen atoms in total. The maximum Gasteiger partial charge on any atom is 0.101 e. The zero-order chi connectivity index (χ0) is 9.03. The number of terminal acetylenes is 1. The van der Waals surface area contributed by atoms with Gasteiger partial charge in [0.05, 0.1) is 0 Å². The summed E-state index contributed by atoms with van der Waals surface area (Å²) in [5, 5.41) is 13.9. The molecule has 1 atom stereocenters. The number of rotatable bonds is 3. The smallest absolute Gasteiger partial charge is 0.101 e. The second-order valence-corrected chi connectivity index (χ2v) is 3.56. The summed E-state index contributed by atoms with van der Waals surface area (Å²) in [5.41, 5.74) is 0.127. The molecule has 0 saturated carbocycles. The van der Waals surface area contributed by atoms with Crippen molar-refractivity contribution in [2.24, 2.45) is 0 Å². The molecule has 1 unspecified atom stereocenters. The van der Waals surface area contributed by atoms with Gasteiger partial charge in [-0.1, -0.05) is 6.92 Å². The molecule has 1 heterocycles. The van der Waals surface area contributed by atoms with Crippen molar-refractivity contribution in [3.8, 4) is 12.3 Å². The monoisotopic (exact) mass is 180 g/mol. The van der Waals surface area contributed by atoms with Crippen LogP contribution >= 0.6 is 11.3 Å². The van der Waals surface area contributed by atoms with Crippen molar-refractivity contribution < 1.29 is 5.11 Å². The summed E-state index contributed by atoms with van der Waals surface area (Å²) in [5.74, 6) is 2.50. The number of hydrogen-bond acceptors (Lipinski definition) is 2. The Morgan fingerprint density at radius 2 is 2.50 bits per heavy atom. The Bertz CT molecular complexity index is 271. The Hall–Kier alpha value is -0.780. The Morgan fingerprint density at radius 1 is 1.75 bits per heavy atom. The van der Waals surface area contributed by atoms with E-state index in [9.17, 15) is 5.11 Å². The zero-order valence-electron chi connectivity index (χ0n) is 7.08. The van der Waals surface area contributed by atoms with Gasteiger partial charge in [-0.05, 0) is 28.8 Å². The van der Waals surface area contributed by atoms with Gasteiger partial charge in [-0.25, -0.2) is 0 Å². The van der Waals surface area contributed by atoms with E-state index in [0.29, 0.717) is 12.8 Å². The van der Waals surface area contributed by atoms with Gasteiger partial charge in [-0.3, -0.25) is 0 Å². The summed E-state index contributed by atoms with van der Waals surface area (Å²) in [6, 6.07) is 1.92. The molecule has 2 heteroatoms. The molecule has 0 amide bonds. The fourth-order valence-electron chi connectivity index (χ4n) is 1.13. The molecular formula is C10H12OS. The highest BCUT2D eigenvalue weighted by molar-refractivity contribution is 7.08. The Morgan fingerprint density at radius 3 is 2.92 bits per heavy atom. The highest BCUT2D eigenvalue weighted by atomic mass is 32.1. The first kappa shape index (κ1) is 9.31. The first-order valence-electron chi connectivity index (χ1n) is 3.91. The number of aliphatic hydroxyl groups is 1. The fourth-order valence-corrected chi connectivity index (χ4v) is 1.88. The van der Waals surface area contributed by atoms with Gasteiger partial charge in [-0.2, -0.15) is 11.3 Å². The van der Waals surface area contributed by atoms with Gasteiger partial charge in [-0.15, -0.1) is 12.3 Å². The molecule has 0 bridgehead atoms. The predicted octanol–water partition coefficient (Wildman–Crippen LogP) is 2.37. The van der Waals surface area contributed by atoms with E-state index >= 15 is 0 Å². The van der Waals surface area contributed by atoms with Gasteiger partial charge in [0.15, 0.2) is 0 Å². The highest BCUT2D eigenvalue weighted by Gasteiger charge is 2.25. The molecule has 0 fully saturated rings. The molecule has 0 aliphatic rings. The molecule has 1 aromatic rings. The van der Waals surface area contributed by atoms with E-state index in [-0.39, 0.29) is 0 Å². The highest BCUT2D eigenvalue weighted by Crippen LogP contribution is 2.29. The minimum atomic E-state index is -0.811. The maximum absolute atomic E-state index is 10.0. The Labute approximate surface area is 77.1 Å². The molecule has 1 rings (SSSR count). The van der Waals surface area contributed by atoms with Gasteiger partial charge >= 0.3 is 0 Å². The summed E-state index contributed by atoms with van der Waals surface area (Å²) in [7, 11) is 0. The normalized spacial score (nSPS) is 15.1. The first-order valence-corrected chi connectivity index (χ1v) is 4.85. The molecule has 0 radical (unpaired) electrons. The molecule has 1 aromatic heterocycles. The van der Waals surface area contributed by atoms with Crippen molar-refractivity contribution in [1.82, 2.24) is 0 Å². The molecule has 1 N–H and O–H groups in total. The molecule has 0 aromatic carbocycles. The summed E-state index contributed by atoms with van der Waals surface area (Å²) < 4.78 is 0. The minimum absolute atomic E-state index is 0.389. The molecular weight excluding hydrogens is 168 g/mol. The van der Waals surface area contributed by atoms with Crippen molar-refractivity contribution in [2.45, 2.75) is 25.4 Å². The molecule has 64 valence electrons. The molecule has 0 saturated heterocycles. The van der Waals surface area contributed by atoms with Crippen LogP contribution in [0.4, 0.5) is 0 Å². The third-order valence-electron chi connectivity index (χ3n) is 2.04. The lowest BCUT2D eigenvalue weighted by atomic mass is 9.90. The van der Waals surface area contributed by atoms with E-state index < -0.39 is 5.60 Å². The standard InChI is InChI=1S/C10H12OS/c1-3-6-10(11,4-2)9-5-7-12-8-9/h1,5,7-8,11H,4,6H2,2H3. The van der Waals surface area contributed by atoms with Crippen LogP contribution in [0.5, 0.6) is 0 Å². The maximum atomic E-state index is 10.0. The number of hydrogen-bond donors (Lipinski definition) is 1. The fraction of sp³-hybridized carbons (Fsp3) is 0.400. The predicted molar refractivity (Wildman–Crippen MR) is 52.0 cm³/mol. The molecule has 0 aliphatic carbocycles. The largest absolute Gasteiger partial charge is 0.384 e. The summed E-state index contributed by atoms with van der Waals surface area (Å²) in [6.07, 6.45) is 6.24. The van der Waals surface area contributed by atoms with Crippen LogP contribution in [-0.4, -0.2) is 5.11 Å². The molecule has 0 spiro atoms. The van der Waals surface area contributed by atoms with E-state index in [1.165, 1.54) is 0 Å². The van der Waals surface area contributed by atoms with Crippen LogP contribution in [0.3, 0.4) is 0 Å². The summed E-state index contributed by atoms with van der Waals surface area (Å²) in [6.45, 7) is 1.94. The third-order valence-corrected chi connectivity index (χ3v) is 2.72. The average molecular weight is 180 g/mol. The lowest BCUT2D eigenvalue weighted by molar-refractivity contribution is 0.0383. The van der Waals surface area contributed by atoms with Crippen LogP contribution in [0.2, 0.25) is 0 Å². The first-order chi connectivity index (χ1) is 5.73. The van der Waals surface area contributed by atoms with Crippen LogP contribution in [0.15, 0.2) is 16.8 Å². The van der Waals surface area contributed by atoms with E-state index in [1.54, 1.807) is 11.3 Å². The minimum Gasteiger partial charge on any atom is -0.384 e. The van der Waals surface area contributed by atoms with Crippen LogP contribution in [0, 0.1) is 12.3 Å². The lowest BCUT2D eigenvalue weighted by Gasteiger charge is -2.23. The van der Waals surface area contributed by atoms with Crippen molar-refractivity contribution in [2.75, 3.05) is 0 Å². The van der Waals surface area contributed by atoms with E-state index in [0.717, 1.165) is 5.56 Å². The van der Waals surface area contributed by atoms with Crippen molar-refractivity contribution in [3.63, 3.8) is 0 Å². The molecule has 0 aliphatic heterocycles. The zero-order valence-corrected chi connectivity index (χ0v) is 7.90. The van der Waals surface area contributed by atoms with Crippen LogP contribution in [0.25, 0.3) is 0 Å². The summed E-state index contributed by atoms with van der Waals surface area (Å²) >= 11 is 1.58. The van der Waals surface area contributed by atoms with Crippen molar-refractivity contribution in [3.05, 3.63) is 22.4 Å². The van der Waals surface area contributed by atoms with E-state index in [2.05, 4.69) is 5.92 Å². The van der Waals surface area contributed by atoms with E-state index in [1.807, 2.05) is 23.8 Å². The van der Waals surface area contributed by atoms with Gasteiger partial charge in [0.25, 0.3) is 0 Å². The Kier molecular flexibility index (Phi) is 2.91. The molecule has 12 heavy (non-hydrogen) atoms. The van der Waals surface area contributed by atoms with Gasteiger partial charge in [0.1, 0.15) is 5.60 Å².